The van der Waals surface area contributed by atoms with Crippen LogP contribution in [0.4, 0.5) is 0 Å². The summed E-state index contributed by atoms with van der Waals surface area (Å²) < 4.78 is 5.96. The summed E-state index contributed by atoms with van der Waals surface area (Å²) in [5, 5.41) is 17.1. The van der Waals surface area contributed by atoms with Crippen LogP contribution >= 0.6 is 0 Å². The van der Waals surface area contributed by atoms with Gasteiger partial charge < -0.3 is 20.5 Å². The number of rotatable bonds is 9. The first-order valence-electron chi connectivity index (χ1n) is 13.1. The highest BCUT2D eigenvalue weighted by atomic mass is 16.5. The summed E-state index contributed by atoms with van der Waals surface area (Å²) in [6.07, 6.45) is 5.15. The SMILES string of the molecule is O=C(NCCNC(=O)c1ccc2c(C3CC3)cccc2c1)c1ccc(O[C@H]2CC[C@@H](C(=O)O)CC2)cc1. The predicted octanol–water partition coefficient (Wildman–Crippen LogP) is 4.90. The van der Waals surface area contributed by atoms with Gasteiger partial charge in [-0.15, -0.1) is 0 Å². The normalized spacial score (nSPS) is 19.2. The second-order valence-corrected chi connectivity index (χ2v) is 10.0. The van der Waals surface area contributed by atoms with E-state index in [1.807, 2.05) is 24.3 Å². The lowest BCUT2D eigenvalue weighted by atomic mass is 9.87. The average molecular weight is 501 g/mol. The number of benzene rings is 3. The molecule has 0 atom stereocenters. The molecule has 0 saturated heterocycles. The number of carboxylic acids is 1. The molecule has 2 aliphatic carbocycles. The summed E-state index contributed by atoms with van der Waals surface area (Å²) in [6, 6.07) is 19.0. The van der Waals surface area contributed by atoms with E-state index in [0.717, 1.165) is 5.39 Å². The fraction of sp³-hybridized carbons (Fsp3) is 0.367. The fourth-order valence-electron chi connectivity index (χ4n) is 5.06. The lowest BCUT2D eigenvalue weighted by Crippen LogP contribution is -2.34. The zero-order chi connectivity index (χ0) is 25.8. The van der Waals surface area contributed by atoms with Gasteiger partial charge in [-0.05, 0) is 97.2 Å². The highest BCUT2D eigenvalue weighted by Crippen LogP contribution is 2.43. The molecule has 0 radical (unpaired) electrons. The maximum Gasteiger partial charge on any atom is 0.306 e. The number of carbonyl (C=O) groups excluding carboxylic acids is 2. The number of hydrogen-bond donors (Lipinski definition) is 3. The molecule has 3 aromatic rings. The molecule has 2 fully saturated rings. The summed E-state index contributed by atoms with van der Waals surface area (Å²) in [5.41, 5.74) is 2.49. The van der Waals surface area contributed by atoms with Crippen LogP contribution in [-0.2, 0) is 4.79 Å². The minimum absolute atomic E-state index is 0.00161. The van der Waals surface area contributed by atoms with Gasteiger partial charge >= 0.3 is 5.97 Å². The molecule has 3 aromatic carbocycles. The molecule has 0 aromatic heterocycles. The summed E-state index contributed by atoms with van der Waals surface area (Å²) >= 11 is 0. The van der Waals surface area contributed by atoms with Crippen molar-refractivity contribution in [2.75, 3.05) is 13.1 Å². The van der Waals surface area contributed by atoms with Gasteiger partial charge in [-0.3, -0.25) is 14.4 Å². The zero-order valence-corrected chi connectivity index (χ0v) is 20.7. The maximum atomic E-state index is 12.6. The predicted molar refractivity (Wildman–Crippen MR) is 141 cm³/mol. The molecule has 0 heterocycles. The second-order valence-electron chi connectivity index (χ2n) is 10.0. The third-order valence-corrected chi connectivity index (χ3v) is 7.33. The molecule has 5 rings (SSSR count). The van der Waals surface area contributed by atoms with Crippen molar-refractivity contribution in [3.8, 4) is 5.75 Å². The van der Waals surface area contributed by atoms with Crippen LogP contribution in [0.1, 0.15) is 70.7 Å². The largest absolute Gasteiger partial charge is 0.490 e. The molecule has 0 spiro atoms. The lowest BCUT2D eigenvalue weighted by Gasteiger charge is -2.26. The summed E-state index contributed by atoms with van der Waals surface area (Å²) in [6.45, 7) is 0.639. The van der Waals surface area contributed by atoms with Gasteiger partial charge in [0.25, 0.3) is 11.8 Å². The van der Waals surface area contributed by atoms with E-state index in [-0.39, 0.29) is 23.8 Å². The van der Waals surface area contributed by atoms with Crippen molar-refractivity contribution in [1.82, 2.24) is 10.6 Å². The van der Waals surface area contributed by atoms with Crippen molar-refractivity contribution in [2.24, 2.45) is 5.92 Å². The Morgan fingerprint density at radius 3 is 2.08 bits per heavy atom. The molecule has 0 bridgehead atoms. The van der Waals surface area contributed by atoms with E-state index in [4.69, 9.17) is 9.84 Å². The topological polar surface area (TPSA) is 105 Å². The Morgan fingerprint density at radius 1 is 0.784 bits per heavy atom. The molecule has 7 heteroatoms. The van der Waals surface area contributed by atoms with Crippen LogP contribution in [0.15, 0.2) is 60.7 Å². The quantitative estimate of drug-likeness (QED) is 0.363. The Morgan fingerprint density at radius 2 is 1.43 bits per heavy atom. The van der Waals surface area contributed by atoms with Crippen LogP contribution in [0, 0.1) is 5.92 Å². The van der Waals surface area contributed by atoms with Crippen LogP contribution in [0.25, 0.3) is 10.8 Å². The van der Waals surface area contributed by atoms with Crippen molar-refractivity contribution >= 4 is 28.6 Å². The minimum atomic E-state index is -0.732. The number of carboxylic acid groups (broad SMARTS) is 1. The van der Waals surface area contributed by atoms with Crippen molar-refractivity contribution < 1.29 is 24.2 Å². The van der Waals surface area contributed by atoms with Gasteiger partial charge in [-0.1, -0.05) is 24.3 Å². The number of aliphatic carboxylic acids is 1. The number of hydrogen-bond acceptors (Lipinski definition) is 4. The van der Waals surface area contributed by atoms with E-state index >= 15 is 0 Å². The van der Waals surface area contributed by atoms with Crippen molar-refractivity contribution in [3.05, 3.63) is 77.4 Å². The van der Waals surface area contributed by atoms with Gasteiger partial charge in [0.2, 0.25) is 0 Å². The van der Waals surface area contributed by atoms with E-state index < -0.39 is 5.97 Å². The molecule has 37 heavy (non-hydrogen) atoms. The Labute approximate surface area is 216 Å². The van der Waals surface area contributed by atoms with Gasteiger partial charge in [0.1, 0.15) is 5.75 Å². The summed E-state index contributed by atoms with van der Waals surface area (Å²) in [5.74, 6) is -0.0657. The molecule has 0 aliphatic heterocycles. The fourth-order valence-corrected chi connectivity index (χ4v) is 5.06. The molecule has 2 saturated carbocycles. The smallest absolute Gasteiger partial charge is 0.306 e. The first kappa shape index (κ1) is 24.8. The second kappa shape index (κ2) is 11.0. The monoisotopic (exact) mass is 500 g/mol. The molecule has 0 unspecified atom stereocenters. The van der Waals surface area contributed by atoms with Crippen LogP contribution in [-0.4, -0.2) is 42.1 Å². The maximum absolute atomic E-state index is 12.6. The van der Waals surface area contributed by atoms with Crippen molar-refractivity contribution in [2.45, 2.75) is 50.5 Å². The van der Waals surface area contributed by atoms with E-state index in [9.17, 15) is 14.4 Å². The van der Waals surface area contributed by atoms with Gasteiger partial charge in [0, 0.05) is 24.2 Å². The zero-order valence-electron chi connectivity index (χ0n) is 20.7. The summed E-state index contributed by atoms with van der Waals surface area (Å²) in [7, 11) is 0. The van der Waals surface area contributed by atoms with Gasteiger partial charge in [0.05, 0.1) is 12.0 Å². The summed E-state index contributed by atoms with van der Waals surface area (Å²) in [4.78, 5) is 36.2. The molecular formula is C30H32N2O5. The molecule has 192 valence electrons. The lowest BCUT2D eigenvalue weighted by molar-refractivity contribution is -0.143. The highest BCUT2D eigenvalue weighted by Gasteiger charge is 2.27. The van der Waals surface area contributed by atoms with E-state index in [1.165, 1.54) is 23.8 Å². The molecule has 3 N–H and O–H groups in total. The number of fused-ring (bicyclic) bond motifs is 1. The molecule has 7 nitrogen and oxygen atoms in total. The standard InChI is InChI=1S/C30H32N2O5/c33-28(20-6-11-24(12-7-20)37-25-13-8-21(9-14-25)30(35)36)31-16-17-32-29(34)23-10-15-27-22(18-23)2-1-3-26(27)19-4-5-19/h1-3,6-7,10-12,15,18-19,21,25H,4-5,8-9,13-14,16-17H2,(H,31,33)(H,32,34)(H,35,36)/t21-,25+. The third kappa shape index (κ3) is 6.10. The Hall–Kier alpha value is -3.87. The number of nitrogens with one attached hydrogen (secondary N) is 2. The first-order chi connectivity index (χ1) is 18.0. The van der Waals surface area contributed by atoms with Crippen LogP contribution in [0.2, 0.25) is 0 Å². The third-order valence-electron chi connectivity index (χ3n) is 7.33. The Bertz CT molecular complexity index is 1290. The van der Waals surface area contributed by atoms with Crippen LogP contribution in [0.3, 0.4) is 0 Å². The van der Waals surface area contributed by atoms with E-state index in [1.54, 1.807) is 24.3 Å². The van der Waals surface area contributed by atoms with E-state index in [0.29, 0.717) is 61.6 Å². The van der Waals surface area contributed by atoms with Gasteiger partial charge in [-0.25, -0.2) is 0 Å². The van der Waals surface area contributed by atoms with E-state index in [2.05, 4.69) is 22.8 Å². The molecular weight excluding hydrogens is 468 g/mol. The number of ether oxygens (including phenoxy) is 1. The van der Waals surface area contributed by atoms with Crippen molar-refractivity contribution in [1.29, 1.82) is 0 Å². The van der Waals surface area contributed by atoms with Crippen molar-refractivity contribution in [3.63, 3.8) is 0 Å². The highest BCUT2D eigenvalue weighted by molar-refractivity contribution is 5.99. The number of carbonyl (C=O) groups is 3. The number of amides is 2. The van der Waals surface area contributed by atoms with Gasteiger partial charge in [0.15, 0.2) is 0 Å². The minimum Gasteiger partial charge on any atom is -0.490 e. The molecule has 2 aliphatic rings. The Balaban J connectivity index is 1.06. The van der Waals surface area contributed by atoms with Crippen LogP contribution < -0.4 is 15.4 Å². The molecule has 2 amide bonds. The first-order valence-corrected chi connectivity index (χ1v) is 13.1. The average Bonchev–Trinajstić information content (AvgIpc) is 3.76. The van der Waals surface area contributed by atoms with Crippen LogP contribution in [0.5, 0.6) is 5.75 Å². The Kier molecular flexibility index (Phi) is 7.40. The van der Waals surface area contributed by atoms with Gasteiger partial charge in [-0.2, -0.15) is 0 Å².